The summed E-state index contributed by atoms with van der Waals surface area (Å²) in [6.07, 6.45) is 1.56. The minimum atomic E-state index is -0.536. The van der Waals surface area contributed by atoms with Gasteiger partial charge in [0.05, 0.1) is 31.8 Å². The topological polar surface area (TPSA) is 102 Å². The molecule has 0 aliphatic carbocycles. The highest BCUT2D eigenvalue weighted by Crippen LogP contribution is 2.34. The highest BCUT2D eigenvalue weighted by molar-refractivity contribution is 9.10. The molecule has 0 radical (unpaired) electrons. The molecule has 0 aromatic heterocycles. The molecule has 9 nitrogen and oxygen atoms in total. The molecule has 2 heterocycles. The number of morpholine rings is 1. The van der Waals surface area contributed by atoms with Crippen LogP contribution in [0.15, 0.2) is 51.8 Å². The Kier molecular flexibility index (Phi) is 8.44. The van der Waals surface area contributed by atoms with E-state index in [9.17, 15) is 19.2 Å². The molecule has 2 aliphatic heterocycles. The molecule has 4 rings (SSSR count). The SMILES string of the molecule is COc1cc(/C=C2\SC(=O)N(CC(=O)c3ccc(Br)cc3)C2=O)ccc1OCC(=O)N1CCOCC1. The van der Waals surface area contributed by atoms with Gasteiger partial charge < -0.3 is 19.1 Å². The summed E-state index contributed by atoms with van der Waals surface area (Å²) in [7, 11) is 1.47. The Bertz CT molecular complexity index is 1210. The van der Waals surface area contributed by atoms with Crippen LogP contribution in [0.4, 0.5) is 4.79 Å². The van der Waals surface area contributed by atoms with Crippen molar-refractivity contribution in [1.82, 2.24) is 9.80 Å². The zero-order valence-electron chi connectivity index (χ0n) is 19.4. The van der Waals surface area contributed by atoms with E-state index < -0.39 is 11.1 Å². The molecule has 2 aliphatic rings. The third-order valence-electron chi connectivity index (χ3n) is 5.54. The van der Waals surface area contributed by atoms with Gasteiger partial charge in [0.2, 0.25) is 0 Å². The van der Waals surface area contributed by atoms with Crippen LogP contribution in [-0.4, -0.2) is 79.2 Å². The lowest BCUT2D eigenvalue weighted by Gasteiger charge is -2.26. The zero-order chi connectivity index (χ0) is 25.7. The maximum absolute atomic E-state index is 12.8. The number of hydrogen-bond donors (Lipinski definition) is 0. The van der Waals surface area contributed by atoms with Gasteiger partial charge in [-0.3, -0.25) is 24.1 Å². The monoisotopic (exact) mass is 574 g/mol. The van der Waals surface area contributed by atoms with Gasteiger partial charge in [-0.25, -0.2) is 0 Å². The molecule has 0 unspecified atom stereocenters. The molecule has 2 saturated heterocycles. The summed E-state index contributed by atoms with van der Waals surface area (Å²) in [5, 5.41) is -0.509. The van der Waals surface area contributed by atoms with Crippen molar-refractivity contribution in [3.05, 3.63) is 63.0 Å². The summed E-state index contributed by atoms with van der Waals surface area (Å²) in [4.78, 5) is 53.0. The van der Waals surface area contributed by atoms with Gasteiger partial charge in [0.25, 0.3) is 17.1 Å². The molecule has 0 bridgehead atoms. The number of imide groups is 1. The Hall–Kier alpha value is -3.15. The van der Waals surface area contributed by atoms with Crippen LogP contribution in [0.3, 0.4) is 0 Å². The quantitative estimate of drug-likeness (QED) is 0.348. The second kappa shape index (κ2) is 11.7. The Morgan fingerprint density at radius 1 is 1.08 bits per heavy atom. The lowest BCUT2D eigenvalue weighted by molar-refractivity contribution is -0.137. The standard InChI is InChI=1S/C25H23BrN2O7S/c1-33-21-12-16(2-7-20(21)35-15-23(30)27-8-10-34-11-9-27)13-22-24(31)28(25(32)36-22)14-19(29)17-3-5-18(26)6-4-17/h2-7,12-13H,8-11,14-15H2,1H3/b22-13-. The minimum Gasteiger partial charge on any atom is -0.493 e. The molecule has 3 amide bonds. The number of ketones is 1. The van der Waals surface area contributed by atoms with Gasteiger partial charge in [0, 0.05) is 23.1 Å². The number of amides is 3. The van der Waals surface area contributed by atoms with Crippen LogP contribution < -0.4 is 9.47 Å². The second-order valence-electron chi connectivity index (χ2n) is 7.89. The van der Waals surface area contributed by atoms with Gasteiger partial charge in [-0.15, -0.1) is 0 Å². The molecule has 0 spiro atoms. The van der Waals surface area contributed by atoms with E-state index in [0.29, 0.717) is 48.9 Å². The number of halogens is 1. The summed E-state index contributed by atoms with van der Waals surface area (Å²) in [5.41, 5.74) is 1.01. The van der Waals surface area contributed by atoms with E-state index in [1.807, 2.05) is 0 Å². The fraction of sp³-hybridized carbons (Fsp3) is 0.280. The van der Waals surface area contributed by atoms with E-state index in [0.717, 1.165) is 21.1 Å². The van der Waals surface area contributed by atoms with Gasteiger partial charge in [0.1, 0.15) is 0 Å². The number of carbonyl (C=O) groups is 4. The Morgan fingerprint density at radius 2 is 1.81 bits per heavy atom. The van der Waals surface area contributed by atoms with Crippen molar-refractivity contribution in [1.29, 1.82) is 0 Å². The average molecular weight is 575 g/mol. The average Bonchev–Trinajstić information content (AvgIpc) is 3.15. The fourth-order valence-electron chi connectivity index (χ4n) is 3.60. The van der Waals surface area contributed by atoms with E-state index in [1.54, 1.807) is 53.4 Å². The van der Waals surface area contributed by atoms with Crippen molar-refractivity contribution >= 4 is 56.6 Å². The number of nitrogens with zero attached hydrogens (tertiary/aromatic N) is 2. The molecule has 0 saturated carbocycles. The molecule has 2 aromatic rings. The molecule has 2 aromatic carbocycles. The maximum atomic E-state index is 12.8. The first-order valence-corrected chi connectivity index (χ1v) is 12.7. The number of methoxy groups -OCH3 is 1. The van der Waals surface area contributed by atoms with Crippen LogP contribution in [0, 0.1) is 0 Å². The summed E-state index contributed by atoms with van der Waals surface area (Å²) in [6.45, 7) is 1.60. The van der Waals surface area contributed by atoms with E-state index in [4.69, 9.17) is 14.2 Å². The number of hydrogen-bond acceptors (Lipinski definition) is 8. The van der Waals surface area contributed by atoms with Crippen LogP contribution in [0.2, 0.25) is 0 Å². The van der Waals surface area contributed by atoms with Crippen molar-refractivity contribution < 1.29 is 33.4 Å². The first-order chi connectivity index (χ1) is 17.4. The van der Waals surface area contributed by atoms with Crippen molar-refractivity contribution in [2.75, 3.05) is 46.6 Å². The van der Waals surface area contributed by atoms with Crippen molar-refractivity contribution in [3.63, 3.8) is 0 Å². The minimum absolute atomic E-state index is 0.138. The smallest absolute Gasteiger partial charge is 0.293 e. The molecule has 0 atom stereocenters. The Morgan fingerprint density at radius 3 is 2.50 bits per heavy atom. The second-order valence-corrected chi connectivity index (χ2v) is 9.80. The Balaban J connectivity index is 1.42. The normalized spacial score (nSPS) is 17.0. The van der Waals surface area contributed by atoms with Crippen LogP contribution in [0.25, 0.3) is 6.08 Å². The first-order valence-electron chi connectivity index (χ1n) is 11.1. The maximum Gasteiger partial charge on any atom is 0.293 e. The number of benzene rings is 2. The van der Waals surface area contributed by atoms with Gasteiger partial charge in [-0.05, 0) is 47.7 Å². The molecule has 0 N–H and O–H groups in total. The number of Topliss-reactive ketones (excluding diaryl/α,β-unsaturated/α-hetero) is 1. The molecular formula is C25H23BrN2O7S. The number of thioether (sulfide) groups is 1. The van der Waals surface area contributed by atoms with Crippen LogP contribution in [0.1, 0.15) is 15.9 Å². The lowest BCUT2D eigenvalue weighted by atomic mass is 10.1. The third-order valence-corrected chi connectivity index (χ3v) is 6.98. The van der Waals surface area contributed by atoms with E-state index in [2.05, 4.69) is 15.9 Å². The number of ether oxygens (including phenoxy) is 3. The summed E-state index contributed by atoms with van der Waals surface area (Å²) in [5.74, 6) is -0.255. The van der Waals surface area contributed by atoms with E-state index in [-0.39, 0.29) is 29.7 Å². The highest BCUT2D eigenvalue weighted by Gasteiger charge is 2.36. The van der Waals surface area contributed by atoms with Crippen LogP contribution >= 0.6 is 27.7 Å². The highest BCUT2D eigenvalue weighted by atomic mass is 79.9. The first kappa shape index (κ1) is 25.9. The van der Waals surface area contributed by atoms with Gasteiger partial charge in [-0.1, -0.05) is 34.1 Å². The van der Waals surface area contributed by atoms with Gasteiger partial charge >= 0.3 is 0 Å². The third kappa shape index (κ3) is 6.15. The summed E-state index contributed by atoms with van der Waals surface area (Å²) >= 11 is 4.08. The van der Waals surface area contributed by atoms with E-state index >= 15 is 0 Å². The van der Waals surface area contributed by atoms with Crippen molar-refractivity contribution in [3.8, 4) is 11.5 Å². The van der Waals surface area contributed by atoms with Crippen molar-refractivity contribution in [2.24, 2.45) is 0 Å². The molecule has 11 heteroatoms. The van der Waals surface area contributed by atoms with Crippen LogP contribution in [-0.2, 0) is 14.3 Å². The molecular weight excluding hydrogens is 552 g/mol. The predicted molar refractivity (Wildman–Crippen MR) is 137 cm³/mol. The molecule has 2 fully saturated rings. The number of rotatable bonds is 8. The zero-order valence-corrected chi connectivity index (χ0v) is 21.8. The molecule has 36 heavy (non-hydrogen) atoms. The van der Waals surface area contributed by atoms with Crippen molar-refractivity contribution in [2.45, 2.75) is 0 Å². The largest absolute Gasteiger partial charge is 0.493 e. The number of carbonyl (C=O) groups excluding carboxylic acids is 4. The fourth-order valence-corrected chi connectivity index (χ4v) is 4.70. The van der Waals surface area contributed by atoms with Gasteiger partial charge in [0.15, 0.2) is 23.9 Å². The summed E-state index contributed by atoms with van der Waals surface area (Å²) < 4.78 is 17.1. The van der Waals surface area contributed by atoms with Gasteiger partial charge in [-0.2, -0.15) is 0 Å². The summed E-state index contributed by atoms with van der Waals surface area (Å²) in [6, 6.07) is 11.7. The molecule has 188 valence electrons. The van der Waals surface area contributed by atoms with Crippen LogP contribution in [0.5, 0.6) is 11.5 Å². The lowest BCUT2D eigenvalue weighted by Crippen LogP contribution is -2.43. The Labute approximate surface area is 220 Å². The van der Waals surface area contributed by atoms with E-state index in [1.165, 1.54) is 7.11 Å². The predicted octanol–water partition coefficient (Wildman–Crippen LogP) is 3.61.